The highest BCUT2D eigenvalue weighted by atomic mass is 19.1. The number of nitrogens with one attached hydrogen (secondary N) is 1. The summed E-state index contributed by atoms with van der Waals surface area (Å²) in [5.41, 5.74) is 0.658. The van der Waals surface area contributed by atoms with E-state index in [1.165, 1.54) is 31.5 Å². The molecule has 0 aliphatic carbocycles. The summed E-state index contributed by atoms with van der Waals surface area (Å²) in [5, 5.41) is 3.22. The maximum atomic E-state index is 13.4. The average molecular weight is 392 g/mol. The third kappa shape index (κ3) is 4.81. The van der Waals surface area contributed by atoms with E-state index < -0.39 is 11.6 Å². The molecule has 1 N–H and O–H groups in total. The second-order valence-corrected chi connectivity index (χ2v) is 8.41. The summed E-state index contributed by atoms with van der Waals surface area (Å²) in [6.07, 6.45) is 5.23. The lowest BCUT2D eigenvalue weighted by Gasteiger charge is -2.34. The molecule has 3 aliphatic rings. The van der Waals surface area contributed by atoms with Crippen molar-refractivity contribution in [2.75, 3.05) is 39.3 Å². The largest absolute Gasteiger partial charge is 0.335 e. The van der Waals surface area contributed by atoms with Crippen molar-refractivity contribution in [1.29, 1.82) is 0 Å². The predicted octanol–water partition coefficient (Wildman–Crippen LogP) is 2.81. The number of rotatable bonds is 3. The molecule has 3 fully saturated rings. The normalized spacial score (nSPS) is 24.8. The zero-order chi connectivity index (χ0) is 19.5. The summed E-state index contributed by atoms with van der Waals surface area (Å²) in [7, 11) is 0. The van der Waals surface area contributed by atoms with Crippen LogP contribution in [0.4, 0.5) is 13.6 Å². The topological polar surface area (TPSA) is 38.8 Å². The molecule has 1 aromatic carbocycles. The van der Waals surface area contributed by atoms with Crippen LogP contribution < -0.4 is 5.32 Å². The van der Waals surface area contributed by atoms with Crippen molar-refractivity contribution >= 4 is 6.03 Å². The second-order valence-electron chi connectivity index (χ2n) is 8.41. The molecule has 1 atom stereocenters. The van der Waals surface area contributed by atoms with Crippen LogP contribution in [-0.2, 0) is 6.54 Å². The van der Waals surface area contributed by atoms with Gasteiger partial charge in [-0.3, -0.25) is 9.80 Å². The van der Waals surface area contributed by atoms with Crippen LogP contribution in [0.1, 0.15) is 37.7 Å². The quantitative estimate of drug-likeness (QED) is 0.860. The Hall–Kier alpha value is -1.73. The molecule has 3 aliphatic heterocycles. The Balaban J connectivity index is 1.24. The highest BCUT2D eigenvalue weighted by Crippen LogP contribution is 2.22. The smallest absolute Gasteiger partial charge is 0.317 e. The minimum absolute atomic E-state index is 0.0689. The number of likely N-dealkylation sites (tertiary alicyclic amines) is 1. The average Bonchev–Trinajstić information content (AvgIpc) is 2.99. The van der Waals surface area contributed by atoms with Gasteiger partial charge >= 0.3 is 6.03 Å². The number of urea groups is 1. The van der Waals surface area contributed by atoms with Crippen molar-refractivity contribution in [3.05, 3.63) is 35.4 Å². The molecule has 0 unspecified atom stereocenters. The summed E-state index contributed by atoms with van der Waals surface area (Å²) in [4.78, 5) is 19.5. The van der Waals surface area contributed by atoms with Crippen molar-refractivity contribution < 1.29 is 13.6 Å². The lowest BCUT2D eigenvalue weighted by atomic mass is 10.0. The number of benzene rings is 1. The molecule has 0 radical (unpaired) electrons. The van der Waals surface area contributed by atoms with E-state index in [1.807, 2.05) is 4.90 Å². The Morgan fingerprint density at radius 1 is 0.964 bits per heavy atom. The van der Waals surface area contributed by atoms with E-state index in [0.717, 1.165) is 58.1 Å². The van der Waals surface area contributed by atoms with Gasteiger partial charge in [-0.1, -0.05) is 0 Å². The number of nitrogens with zero attached hydrogens (tertiary/aromatic N) is 3. The first-order valence-corrected chi connectivity index (χ1v) is 10.5. The molecule has 7 heteroatoms. The fraction of sp³-hybridized carbons (Fsp3) is 0.667. The third-order valence-corrected chi connectivity index (χ3v) is 6.33. The Kier molecular flexibility index (Phi) is 6.11. The molecule has 1 aromatic rings. The van der Waals surface area contributed by atoms with Crippen LogP contribution in [0.15, 0.2) is 18.2 Å². The number of hydrogen-bond donors (Lipinski definition) is 1. The number of fused-ring (bicyclic) bond motifs is 1. The van der Waals surface area contributed by atoms with Gasteiger partial charge in [0.15, 0.2) is 0 Å². The van der Waals surface area contributed by atoms with E-state index >= 15 is 0 Å². The van der Waals surface area contributed by atoms with Crippen LogP contribution in [0.2, 0.25) is 0 Å². The fourth-order valence-electron chi connectivity index (χ4n) is 4.85. The lowest BCUT2D eigenvalue weighted by Crippen LogP contribution is -2.50. The maximum absolute atomic E-state index is 13.4. The summed E-state index contributed by atoms with van der Waals surface area (Å²) in [5.74, 6) is -1.06. The monoisotopic (exact) mass is 392 g/mol. The highest BCUT2D eigenvalue weighted by molar-refractivity contribution is 5.74. The lowest BCUT2D eigenvalue weighted by molar-refractivity contribution is 0.164. The maximum Gasteiger partial charge on any atom is 0.317 e. The van der Waals surface area contributed by atoms with E-state index in [0.29, 0.717) is 18.2 Å². The van der Waals surface area contributed by atoms with Crippen molar-refractivity contribution in [2.45, 2.75) is 50.7 Å². The van der Waals surface area contributed by atoms with E-state index in [2.05, 4.69) is 15.1 Å². The Bertz CT molecular complexity index is 673. The summed E-state index contributed by atoms with van der Waals surface area (Å²) in [6, 6.07) is 4.46. The van der Waals surface area contributed by atoms with Crippen molar-refractivity contribution in [1.82, 2.24) is 20.0 Å². The van der Waals surface area contributed by atoms with E-state index in [1.54, 1.807) is 0 Å². The SMILES string of the molecule is O=C(NC1CCN(Cc2cc(F)cc(F)c2)CC1)N1CCCN2CCC[C@H]2C1. The summed E-state index contributed by atoms with van der Waals surface area (Å²) in [6.45, 7) is 6.14. The molecule has 0 aromatic heterocycles. The van der Waals surface area contributed by atoms with Gasteiger partial charge in [0.2, 0.25) is 0 Å². The predicted molar refractivity (Wildman–Crippen MR) is 104 cm³/mol. The van der Waals surface area contributed by atoms with Gasteiger partial charge in [-0.25, -0.2) is 13.6 Å². The molecule has 0 spiro atoms. The summed E-state index contributed by atoms with van der Waals surface area (Å²) < 4.78 is 26.7. The van der Waals surface area contributed by atoms with Gasteiger partial charge in [-0.05, 0) is 56.3 Å². The molecular weight excluding hydrogens is 362 g/mol. The van der Waals surface area contributed by atoms with Crippen molar-refractivity contribution in [3.8, 4) is 0 Å². The van der Waals surface area contributed by atoms with Crippen molar-refractivity contribution in [2.24, 2.45) is 0 Å². The number of piperidine rings is 1. The molecule has 5 nitrogen and oxygen atoms in total. The third-order valence-electron chi connectivity index (χ3n) is 6.33. The van der Waals surface area contributed by atoms with Gasteiger partial charge < -0.3 is 10.2 Å². The number of carbonyl (C=O) groups is 1. The van der Waals surface area contributed by atoms with Gasteiger partial charge in [0, 0.05) is 57.4 Å². The minimum atomic E-state index is -0.532. The molecule has 28 heavy (non-hydrogen) atoms. The molecule has 0 saturated carbocycles. The molecule has 154 valence electrons. The first-order valence-electron chi connectivity index (χ1n) is 10.5. The summed E-state index contributed by atoms with van der Waals surface area (Å²) >= 11 is 0. The van der Waals surface area contributed by atoms with E-state index in [4.69, 9.17) is 0 Å². The van der Waals surface area contributed by atoms with Gasteiger partial charge in [0.05, 0.1) is 0 Å². The van der Waals surface area contributed by atoms with Gasteiger partial charge in [0.25, 0.3) is 0 Å². The molecule has 3 saturated heterocycles. The second kappa shape index (κ2) is 8.74. The molecule has 3 heterocycles. The molecule has 4 rings (SSSR count). The van der Waals surface area contributed by atoms with Gasteiger partial charge in [0.1, 0.15) is 11.6 Å². The number of hydrogen-bond acceptors (Lipinski definition) is 3. The van der Waals surface area contributed by atoms with Crippen LogP contribution in [-0.4, -0.2) is 72.1 Å². The first kappa shape index (κ1) is 19.6. The highest BCUT2D eigenvalue weighted by Gasteiger charge is 2.31. The van der Waals surface area contributed by atoms with E-state index in [9.17, 15) is 13.6 Å². The van der Waals surface area contributed by atoms with Crippen LogP contribution in [0.25, 0.3) is 0 Å². The molecule has 0 bridgehead atoms. The number of amides is 2. The van der Waals surface area contributed by atoms with Crippen LogP contribution >= 0.6 is 0 Å². The Labute approximate surface area is 165 Å². The van der Waals surface area contributed by atoms with Crippen LogP contribution in [0.5, 0.6) is 0 Å². The zero-order valence-corrected chi connectivity index (χ0v) is 16.4. The first-order chi connectivity index (χ1) is 13.6. The van der Waals surface area contributed by atoms with Gasteiger partial charge in [-0.2, -0.15) is 0 Å². The van der Waals surface area contributed by atoms with E-state index in [-0.39, 0.29) is 12.1 Å². The molecule has 2 amide bonds. The standard InChI is InChI=1S/C21H30F2N4O/c22-17-11-16(12-18(23)13-17)14-25-9-4-19(5-10-25)24-21(28)27-8-2-7-26-6-1-3-20(26)15-27/h11-13,19-20H,1-10,14-15H2,(H,24,28)/t20-/m0/s1. The van der Waals surface area contributed by atoms with Crippen molar-refractivity contribution in [3.63, 3.8) is 0 Å². The van der Waals surface area contributed by atoms with Gasteiger partial charge in [-0.15, -0.1) is 0 Å². The van der Waals surface area contributed by atoms with Crippen LogP contribution in [0, 0.1) is 11.6 Å². The Morgan fingerprint density at radius 2 is 1.68 bits per heavy atom. The van der Waals surface area contributed by atoms with Crippen LogP contribution in [0.3, 0.4) is 0 Å². The Morgan fingerprint density at radius 3 is 2.43 bits per heavy atom. The number of halogens is 2. The molecular formula is C21H30F2N4O. The number of carbonyl (C=O) groups excluding carboxylic acids is 1. The fourth-order valence-corrected chi connectivity index (χ4v) is 4.85. The zero-order valence-electron chi connectivity index (χ0n) is 16.4. The minimum Gasteiger partial charge on any atom is -0.335 e.